The molecule has 1 aliphatic heterocycles. The molecule has 1 amide bonds. The van der Waals surface area contributed by atoms with Gasteiger partial charge in [-0.25, -0.2) is 0 Å². The van der Waals surface area contributed by atoms with Crippen LogP contribution in [0.1, 0.15) is 18.4 Å². The Balaban J connectivity index is 1.77. The summed E-state index contributed by atoms with van der Waals surface area (Å²) in [6, 6.07) is 10.1. The zero-order valence-electron chi connectivity index (χ0n) is 10.8. The molecule has 0 radical (unpaired) electrons. The lowest BCUT2D eigenvalue weighted by molar-refractivity contribution is -0.140. The van der Waals surface area contributed by atoms with Crippen LogP contribution >= 0.6 is 11.6 Å². The van der Waals surface area contributed by atoms with E-state index in [4.69, 9.17) is 16.3 Å². The molecule has 0 spiro atoms. The second kappa shape index (κ2) is 5.14. The van der Waals surface area contributed by atoms with E-state index in [2.05, 4.69) is 12.1 Å². The number of hydrogen-bond donors (Lipinski definition) is 0. The van der Waals surface area contributed by atoms with Crippen LogP contribution < -0.4 is 0 Å². The topological polar surface area (TPSA) is 29.5 Å². The molecule has 19 heavy (non-hydrogen) atoms. The summed E-state index contributed by atoms with van der Waals surface area (Å²) in [4.78, 5) is 14.7. The number of amides is 1. The van der Waals surface area contributed by atoms with Gasteiger partial charge in [0.15, 0.2) is 0 Å². The van der Waals surface area contributed by atoms with Crippen LogP contribution in [-0.4, -0.2) is 42.5 Å². The number of ether oxygens (including phenoxy) is 1. The number of carbonyl (C=O) groups is 1. The lowest BCUT2D eigenvalue weighted by Crippen LogP contribution is -2.49. The van der Waals surface area contributed by atoms with Gasteiger partial charge in [-0.05, 0) is 18.4 Å². The average Bonchev–Trinajstić information content (AvgIpc) is 3.29. The van der Waals surface area contributed by atoms with Crippen LogP contribution in [0.5, 0.6) is 0 Å². The monoisotopic (exact) mass is 279 g/mol. The average molecular weight is 280 g/mol. The summed E-state index contributed by atoms with van der Waals surface area (Å²) in [6.07, 6.45) is 1.89. The van der Waals surface area contributed by atoms with Gasteiger partial charge in [0, 0.05) is 13.1 Å². The maximum Gasteiger partial charge on any atom is 0.233 e. The number of halogens is 1. The van der Waals surface area contributed by atoms with Gasteiger partial charge in [0.2, 0.25) is 5.91 Å². The van der Waals surface area contributed by atoms with Gasteiger partial charge < -0.3 is 9.64 Å². The lowest BCUT2D eigenvalue weighted by atomic mass is 9.94. The first-order valence-corrected chi connectivity index (χ1v) is 7.32. The molecule has 1 saturated heterocycles. The van der Waals surface area contributed by atoms with Crippen molar-refractivity contribution in [1.29, 1.82) is 0 Å². The summed E-state index contributed by atoms with van der Waals surface area (Å²) < 4.78 is 5.52. The molecule has 1 heterocycles. The van der Waals surface area contributed by atoms with Crippen LogP contribution in [0.3, 0.4) is 0 Å². The van der Waals surface area contributed by atoms with E-state index in [1.165, 1.54) is 0 Å². The van der Waals surface area contributed by atoms with E-state index in [1.54, 1.807) is 0 Å². The minimum atomic E-state index is -0.268. The fourth-order valence-corrected chi connectivity index (χ4v) is 2.99. The highest BCUT2D eigenvalue weighted by molar-refractivity contribution is 6.18. The molecule has 0 aromatic heterocycles. The van der Waals surface area contributed by atoms with E-state index in [-0.39, 0.29) is 17.4 Å². The van der Waals surface area contributed by atoms with Gasteiger partial charge in [0.05, 0.1) is 24.0 Å². The summed E-state index contributed by atoms with van der Waals surface area (Å²) in [5.41, 5.74) is 0.879. The molecule has 2 fully saturated rings. The predicted molar refractivity (Wildman–Crippen MR) is 74.4 cm³/mol. The van der Waals surface area contributed by atoms with Crippen molar-refractivity contribution in [2.24, 2.45) is 0 Å². The van der Waals surface area contributed by atoms with E-state index < -0.39 is 0 Å². The molecule has 1 saturated carbocycles. The molecule has 1 aromatic rings. The van der Waals surface area contributed by atoms with Gasteiger partial charge in [0.1, 0.15) is 0 Å². The molecule has 2 aliphatic rings. The van der Waals surface area contributed by atoms with Crippen molar-refractivity contribution >= 4 is 17.5 Å². The SMILES string of the molecule is O=C(N1CCOC(CCl)C1)C1(c2ccccc2)CC1. The maximum atomic E-state index is 12.8. The van der Waals surface area contributed by atoms with Crippen LogP contribution in [-0.2, 0) is 14.9 Å². The minimum absolute atomic E-state index is 0.0223. The van der Waals surface area contributed by atoms with E-state index in [0.29, 0.717) is 25.6 Å². The molecular formula is C15H18ClNO2. The van der Waals surface area contributed by atoms with Gasteiger partial charge in [-0.15, -0.1) is 11.6 Å². The van der Waals surface area contributed by atoms with Crippen molar-refractivity contribution < 1.29 is 9.53 Å². The predicted octanol–water partition coefficient (Wildman–Crippen LogP) is 2.18. The van der Waals surface area contributed by atoms with Crippen molar-refractivity contribution in [3.05, 3.63) is 35.9 Å². The Bertz CT molecular complexity index is 458. The minimum Gasteiger partial charge on any atom is -0.373 e. The van der Waals surface area contributed by atoms with E-state index in [9.17, 15) is 4.79 Å². The zero-order valence-corrected chi connectivity index (χ0v) is 11.6. The number of nitrogens with zero attached hydrogens (tertiary/aromatic N) is 1. The highest BCUT2D eigenvalue weighted by atomic mass is 35.5. The van der Waals surface area contributed by atoms with Crippen molar-refractivity contribution in [3.63, 3.8) is 0 Å². The second-order valence-electron chi connectivity index (χ2n) is 5.35. The first-order valence-electron chi connectivity index (χ1n) is 6.79. The highest BCUT2D eigenvalue weighted by Crippen LogP contribution is 2.49. The number of alkyl halides is 1. The number of carbonyl (C=O) groups excluding carboxylic acids is 1. The molecule has 1 unspecified atom stereocenters. The molecule has 1 aromatic carbocycles. The summed E-state index contributed by atoms with van der Waals surface area (Å²) in [6.45, 7) is 1.89. The van der Waals surface area contributed by atoms with Crippen LogP contribution in [0.25, 0.3) is 0 Å². The third kappa shape index (κ3) is 2.37. The largest absolute Gasteiger partial charge is 0.373 e. The Morgan fingerprint density at radius 2 is 2.11 bits per heavy atom. The van der Waals surface area contributed by atoms with Crippen molar-refractivity contribution in [2.75, 3.05) is 25.6 Å². The number of rotatable bonds is 3. The zero-order chi connectivity index (χ0) is 13.3. The summed E-state index contributed by atoms with van der Waals surface area (Å²) >= 11 is 5.83. The molecule has 3 rings (SSSR count). The van der Waals surface area contributed by atoms with Crippen molar-refractivity contribution in [1.82, 2.24) is 4.90 Å². The van der Waals surface area contributed by atoms with Gasteiger partial charge in [-0.2, -0.15) is 0 Å². The third-order valence-electron chi connectivity index (χ3n) is 4.08. The third-order valence-corrected chi connectivity index (χ3v) is 4.43. The first kappa shape index (κ1) is 12.9. The van der Waals surface area contributed by atoms with Gasteiger partial charge in [-0.3, -0.25) is 4.79 Å². The number of benzene rings is 1. The molecule has 1 aliphatic carbocycles. The fraction of sp³-hybridized carbons (Fsp3) is 0.533. The molecule has 0 N–H and O–H groups in total. The van der Waals surface area contributed by atoms with Gasteiger partial charge in [-0.1, -0.05) is 30.3 Å². The Kier molecular flexibility index (Phi) is 3.50. The summed E-state index contributed by atoms with van der Waals surface area (Å²) in [7, 11) is 0. The quantitative estimate of drug-likeness (QED) is 0.794. The lowest BCUT2D eigenvalue weighted by Gasteiger charge is -2.34. The van der Waals surface area contributed by atoms with Crippen LogP contribution in [0, 0.1) is 0 Å². The van der Waals surface area contributed by atoms with Gasteiger partial charge >= 0.3 is 0 Å². The normalized spacial score (nSPS) is 25.1. The first-order chi connectivity index (χ1) is 9.26. The molecule has 102 valence electrons. The molecule has 1 atom stereocenters. The number of hydrogen-bond acceptors (Lipinski definition) is 2. The van der Waals surface area contributed by atoms with E-state index in [0.717, 1.165) is 18.4 Å². The van der Waals surface area contributed by atoms with E-state index >= 15 is 0 Å². The summed E-state index contributed by atoms with van der Waals surface area (Å²) in [5.74, 6) is 0.694. The van der Waals surface area contributed by atoms with E-state index in [1.807, 2.05) is 23.1 Å². The van der Waals surface area contributed by atoms with Crippen LogP contribution in [0.2, 0.25) is 0 Å². The second-order valence-corrected chi connectivity index (χ2v) is 5.66. The van der Waals surface area contributed by atoms with Crippen LogP contribution in [0.4, 0.5) is 0 Å². The Morgan fingerprint density at radius 1 is 1.37 bits per heavy atom. The molecule has 4 heteroatoms. The molecule has 0 bridgehead atoms. The molecular weight excluding hydrogens is 262 g/mol. The summed E-state index contributed by atoms with van der Waals surface area (Å²) in [5, 5.41) is 0. The van der Waals surface area contributed by atoms with Gasteiger partial charge in [0.25, 0.3) is 0 Å². The number of morpholine rings is 1. The smallest absolute Gasteiger partial charge is 0.233 e. The Hall–Kier alpha value is -1.06. The molecule has 3 nitrogen and oxygen atoms in total. The Labute approximate surface area is 118 Å². The van der Waals surface area contributed by atoms with Crippen molar-refractivity contribution in [2.45, 2.75) is 24.4 Å². The van der Waals surface area contributed by atoms with Crippen molar-refractivity contribution in [3.8, 4) is 0 Å². The fourth-order valence-electron chi connectivity index (χ4n) is 2.81. The maximum absolute atomic E-state index is 12.8. The Morgan fingerprint density at radius 3 is 2.74 bits per heavy atom. The standard InChI is InChI=1S/C15H18ClNO2/c16-10-13-11-17(8-9-19-13)14(18)15(6-7-15)12-4-2-1-3-5-12/h1-5,13H,6-11H2. The highest BCUT2D eigenvalue weighted by Gasteiger charge is 2.53. The van der Waals surface area contributed by atoms with Crippen LogP contribution in [0.15, 0.2) is 30.3 Å².